The van der Waals surface area contributed by atoms with Crippen molar-refractivity contribution in [3.63, 3.8) is 0 Å². The minimum atomic E-state index is -0.304. The third-order valence-corrected chi connectivity index (χ3v) is 2.74. The maximum atomic E-state index is 14.0. The van der Waals surface area contributed by atoms with E-state index in [1.54, 1.807) is 19.2 Å². The molecule has 0 saturated heterocycles. The number of ether oxygens (including phenoxy) is 1. The van der Waals surface area contributed by atoms with Gasteiger partial charge < -0.3 is 10.1 Å². The van der Waals surface area contributed by atoms with Crippen molar-refractivity contribution < 1.29 is 9.13 Å². The second kappa shape index (κ2) is 5.79. The van der Waals surface area contributed by atoms with Gasteiger partial charge in [-0.1, -0.05) is 13.0 Å². The first-order chi connectivity index (χ1) is 9.11. The Hall–Kier alpha value is -1.95. The molecule has 19 heavy (non-hydrogen) atoms. The van der Waals surface area contributed by atoms with Crippen molar-refractivity contribution in [2.45, 2.75) is 19.9 Å². The number of hydrogen-bond donors (Lipinski definition) is 1. The fraction of sp³-hybridized carbons (Fsp3) is 0.385. The number of hydrogen-bond acceptors (Lipinski definition) is 4. The van der Waals surface area contributed by atoms with Gasteiger partial charge in [0.25, 0.3) is 0 Å². The molecule has 0 bridgehead atoms. The van der Waals surface area contributed by atoms with Crippen LogP contribution >= 0.6 is 0 Å². The van der Waals surface area contributed by atoms with Crippen LogP contribution in [-0.2, 0) is 7.05 Å². The zero-order valence-corrected chi connectivity index (χ0v) is 11.2. The number of halogens is 1. The van der Waals surface area contributed by atoms with Gasteiger partial charge in [0.1, 0.15) is 17.9 Å². The van der Waals surface area contributed by atoms with Gasteiger partial charge in [0.15, 0.2) is 0 Å². The van der Waals surface area contributed by atoms with Gasteiger partial charge in [-0.3, -0.25) is 4.68 Å². The molecule has 0 radical (unpaired) electrons. The normalized spacial score (nSPS) is 12.4. The summed E-state index contributed by atoms with van der Waals surface area (Å²) in [5.41, 5.74) is 0.483. The van der Waals surface area contributed by atoms with Gasteiger partial charge in [0, 0.05) is 18.7 Å². The average Bonchev–Trinajstić information content (AvgIpc) is 2.75. The molecule has 0 saturated carbocycles. The van der Waals surface area contributed by atoms with Crippen molar-refractivity contribution in [2.75, 3.05) is 6.54 Å². The van der Waals surface area contributed by atoms with Crippen LogP contribution in [0.25, 0.3) is 0 Å². The van der Waals surface area contributed by atoms with Gasteiger partial charge in [-0.05, 0) is 25.6 Å². The summed E-state index contributed by atoms with van der Waals surface area (Å²) in [7, 11) is 1.74. The van der Waals surface area contributed by atoms with E-state index >= 15 is 0 Å². The van der Waals surface area contributed by atoms with E-state index < -0.39 is 0 Å². The van der Waals surface area contributed by atoms with Crippen LogP contribution in [0.15, 0.2) is 24.5 Å². The summed E-state index contributed by atoms with van der Waals surface area (Å²) in [6.45, 7) is 4.61. The van der Waals surface area contributed by atoms with Crippen LogP contribution in [0.4, 0.5) is 4.39 Å². The van der Waals surface area contributed by atoms with Crippen LogP contribution in [0.5, 0.6) is 11.8 Å². The first kappa shape index (κ1) is 13.5. The number of nitrogens with zero attached hydrogens (tertiary/aromatic N) is 3. The Kier molecular flexibility index (Phi) is 4.11. The molecule has 1 aromatic heterocycles. The van der Waals surface area contributed by atoms with Crippen molar-refractivity contribution in [1.82, 2.24) is 20.1 Å². The molecule has 0 aliphatic heterocycles. The molecule has 6 heteroatoms. The molecule has 1 heterocycles. The maximum Gasteiger partial charge on any atom is 0.340 e. The Balaban J connectivity index is 2.31. The lowest BCUT2D eigenvalue weighted by Crippen LogP contribution is -2.19. The van der Waals surface area contributed by atoms with Crippen LogP contribution in [0.2, 0.25) is 0 Å². The molecule has 2 rings (SSSR count). The smallest absolute Gasteiger partial charge is 0.340 e. The van der Waals surface area contributed by atoms with Crippen LogP contribution < -0.4 is 10.1 Å². The van der Waals surface area contributed by atoms with Gasteiger partial charge in [0.05, 0.1) is 0 Å². The van der Waals surface area contributed by atoms with Gasteiger partial charge >= 0.3 is 6.01 Å². The van der Waals surface area contributed by atoms with Gasteiger partial charge in [-0.2, -0.15) is 4.98 Å². The SMILES string of the molecule is CCNC(C)c1c(F)cccc1Oc1ncn(C)n1. The first-order valence-corrected chi connectivity index (χ1v) is 6.17. The fourth-order valence-corrected chi connectivity index (χ4v) is 1.90. The lowest BCUT2D eigenvalue weighted by Gasteiger charge is -2.17. The highest BCUT2D eigenvalue weighted by molar-refractivity contribution is 5.38. The van der Waals surface area contributed by atoms with Crippen molar-refractivity contribution in [1.29, 1.82) is 0 Å². The quantitative estimate of drug-likeness (QED) is 0.901. The van der Waals surface area contributed by atoms with E-state index in [1.165, 1.54) is 17.1 Å². The van der Waals surface area contributed by atoms with E-state index in [9.17, 15) is 4.39 Å². The molecule has 102 valence electrons. The van der Waals surface area contributed by atoms with Gasteiger partial charge in [-0.25, -0.2) is 4.39 Å². The third-order valence-electron chi connectivity index (χ3n) is 2.74. The maximum absolute atomic E-state index is 14.0. The molecule has 2 aromatic rings. The van der Waals surface area contributed by atoms with E-state index in [0.29, 0.717) is 11.3 Å². The van der Waals surface area contributed by atoms with E-state index in [1.807, 2.05) is 13.8 Å². The van der Waals surface area contributed by atoms with Gasteiger partial charge in [0.2, 0.25) is 0 Å². The molecule has 0 aliphatic rings. The highest BCUT2D eigenvalue weighted by Crippen LogP contribution is 2.30. The number of aryl methyl sites for hydroxylation is 1. The summed E-state index contributed by atoms with van der Waals surface area (Å²) in [4.78, 5) is 3.97. The molecule has 0 fully saturated rings. The number of rotatable bonds is 5. The van der Waals surface area contributed by atoms with Crippen molar-refractivity contribution in [3.05, 3.63) is 35.9 Å². The molecule has 1 atom stereocenters. The van der Waals surface area contributed by atoms with E-state index in [2.05, 4.69) is 15.4 Å². The zero-order valence-electron chi connectivity index (χ0n) is 11.2. The highest BCUT2D eigenvalue weighted by Gasteiger charge is 2.17. The highest BCUT2D eigenvalue weighted by atomic mass is 19.1. The van der Waals surface area contributed by atoms with Crippen LogP contribution in [0, 0.1) is 5.82 Å². The zero-order chi connectivity index (χ0) is 13.8. The Morgan fingerprint density at radius 2 is 2.26 bits per heavy atom. The van der Waals surface area contributed by atoms with Crippen LogP contribution in [0.1, 0.15) is 25.5 Å². The van der Waals surface area contributed by atoms with Crippen molar-refractivity contribution >= 4 is 0 Å². The molecule has 0 aliphatic carbocycles. The predicted molar refractivity (Wildman–Crippen MR) is 69.6 cm³/mol. The third kappa shape index (κ3) is 3.08. The number of nitrogens with one attached hydrogen (secondary N) is 1. The Morgan fingerprint density at radius 3 is 2.89 bits per heavy atom. The predicted octanol–water partition coefficient (Wildman–Crippen LogP) is 2.42. The number of benzene rings is 1. The standard InChI is InChI=1S/C13H17FN4O/c1-4-15-9(2)12-10(14)6-5-7-11(12)19-13-16-8-18(3)17-13/h5-9,15H,4H2,1-3H3. The summed E-state index contributed by atoms with van der Waals surface area (Å²) in [5.74, 6) is 0.126. The largest absolute Gasteiger partial charge is 0.423 e. The lowest BCUT2D eigenvalue weighted by atomic mass is 10.1. The minimum absolute atomic E-state index is 0.148. The molecule has 0 amide bonds. The van der Waals surface area contributed by atoms with E-state index in [-0.39, 0.29) is 17.9 Å². The monoisotopic (exact) mass is 264 g/mol. The Bertz CT molecular complexity index is 555. The molecule has 5 nitrogen and oxygen atoms in total. The van der Waals surface area contributed by atoms with Crippen molar-refractivity contribution in [3.8, 4) is 11.8 Å². The Labute approximate surface area is 111 Å². The lowest BCUT2D eigenvalue weighted by molar-refractivity contribution is 0.416. The van der Waals surface area contributed by atoms with Crippen LogP contribution in [-0.4, -0.2) is 21.3 Å². The topological polar surface area (TPSA) is 52.0 Å². The summed E-state index contributed by atoms with van der Waals surface area (Å²) >= 11 is 0. The molecule has 1 N–H and O–H groups in total. The van der Waals surface area contributed by atoms with Gasteiger partial charge in [-0.15, -0.1) is 5.10 Å². The summed E-state index contributed by atoms with van der Waals surface area (Å²) in [6, 6.07) is 4.79. The summed E-state index contributed by atoms with van der Waals surface area (Å²) in [5, 5.41) is 7.19. The fourth-order valence-electron chi connectivity index (χ4n) is 1.90. The van der Waals surface area contributed by atoms with Crippen LogP contribution in [0.3, 0.4) is 0 Å². The second-order valence-corrected chi connectivity index (χ2v) is 4.23. The summed E-state index contributed by atoms with van der Waals surface area (Å²) < 4.78 is 21.1. The van der Waals surface area contributed by atoms with E-state index in [4.69, 9.17) is 4.74 Å². The number of aromatic nitrogens is 3. The molecule has 1 aromatic carbocycles. The van der Waals surface area contributed by atoms with Crippen molar-refractivity contribution in [2.24, 2.45) is 7.05 Å². The molecule has 1 unspecified atom stereocenters. The summed E-state index contributed by atoms with van der Waals surface area (Å²) in [6.07, 6.45) is 1.53. The second-order valence-electron chi connectivity index (χ2n) is 4.23. The molecular formula is C13H17FN4O. The first-order valence-electron chi connectivity index (χ1n) is 6.17. The Morgan fingerprint density at radius 1 is 1.47 bits per heavy atom. The average molecular weight is 264 g/mol. The molecular weight excluding hydrogens is 247 g/mol. The molecule has 0 spiro atoms. The van der Waals surface area contributed by atoms with E-state index in [0.717, 1.165) is 6.54 Å². The minimum Gasteiger partial charge on any atom is -0.423 e.